The first-order valence-electron chi connectivity index (χ1n) is 17.2. The van der Waals surface area contributed by atoms with E-state index >= 15 is 0 Å². The van der Waals surface area contributed by atoms with Crippen LogP contribution in [0.2, 0.25) is 0 Å². The Labute approximate surface area is 274 Å². The topological polar surface area (TPSA) is 82.9 Å². The third kappa shape index (κ3) is 7.44. The molecule has 0 spiro atoms. The lowest BCUT2D eigenvalue weighted by molar-refractivity contribution is 0.195. The molecule has 1 aliphatic carbocycles. The molecule has 3 heterocycles. The van der Waals surface area contributed by atoms with Gasteiger partial charge in [0.15, 0.2) is 17.3 Å². The minimum absolute atomic E-state index is 0.152. The van der Waals surface area contributed by atoms with Gasteiger partial charge >= 0.3 is 0 Å². The predicted octanol–water partition coefficient (Wildman–Crippen LogP) is 6.83. The van der Waals surface area contributed by atoms with E-state index in [2.05, 4.69) is 113 Å². The fourth-order valence-electron chi connectivity index (χ4n) is 7.07. The van der Waals surface area contributed by atoms with Gasteiger partial charge in [-0.25, -0.2) is 15.0 Å². The Kier molecular flexibility index (Phi) is 10.3. The molecule has 6 rings (SSSR count). The van der Waals surface area contributed by atoms with Gasteiger partial charge in [-0.3, -0.25) is 0 Å². The first-order chi connectivity index (χ1) is 22.5. The summed E-state index contributed by atoms with van der Waals surface area (Å²) in [5, 5.41) is 10.7. The Morgan fingerprint density at radius 3 is 2.28 bits per heavy atom. The summed E-state index contributed by atoms with van der Waals surface area (Å²) in [5.41, 5.74) is 6.06. The van der Waals surface area contributed by atoms with E-state index in [0.29, 0.717) is 24.3 Å². The molecule has 8 heteroatoms. The van der Waals surface area contributed by atoms with Crippen LogP contribution in [-0.4, -0.2) is 63.7 Å². The minimum Gasteiger partial charge on any atom is -0.389 e. The monoisotopic (exact) mass is 618 g/mol. The molecule has 2 fully saturated rings. The van der Waals surface area contributed by atoms with E-state index in [4.69, 9.17) is 15.0 Å². The zero-order chi connectivity index (χ0) is 31.9. The van der Waals surface area contributed by atoms with Gasteiger partial charge in [0, 0.05) is 49.8 Å². The summed E-state index contributed by atoms with van der Waals surface area (Å²) >= 11 is 0. The van der Waals surface area contributed by atoms with Crippen LogP contribution in [-0.2, 0) is 0 Å². The van der Waals surface area contributed by atoms with Crippen LogP contribution < -0.4 is 16.0 Å². The number of nitrogens with zero attached hydrogens (tertiary/aromatic N) is 5. The molecule has 8 nitrogen and oxygen atoms in total. The predicted molar refractivity (Wildman–Crippen MR) is 190 cm³/mol. The van der Waals surface area contributed by atoms with Gasteiger partial charge in [-0.1, -0.05) is 80.7 Å². The van der Waals surface area contributed by atoms with Crippen molar-refractivity contribution in [1.82, 2.24) is 35.1 Å². The van der Waals surface area contributed by atoms with Gasteiger partial charge in [0.05, 0.1) is 12.0 Å². The van der Waals surface area contributed by atoms with E-state index in [0.717, 1.165) is 86.3 Å². The number of hydrogen-bond donors (Lipinski definition) is 3. The number of rotatable bonds is 14. The highest BCUT2D eigenvalue weighted by Gasteiger charge is 2.30. The van der Waals surface area contributed by atoms with E-state index in [-0.39, 0.29) is 5.92 Å². The highest BCUT2D eigenvalue weighted by atomic mass is 15.2. The van der Waals surface area contributed by atoms with E-state index in [9.17, 15) is 0 Å². The SMILES string of the molecule is C=C(NCCN1CCC(C)CC1)c1nc(NCC(c2ccccc2)c2ccccc2)c2ncn(C3CCC(C(=C)NCC)C3)c2n1. The zero-order valence-corrected chi connectivity index (χ0v) is 27.6. The number of aromatic nitrogens is 4. The normalized spacial score (nSPS) is 19.0. The molecule has 0 bridgehead atoms. The molecule has 2 unspecified atom stereocenters. The largest absolute Gasteiger partial charge is 0.389 e. The second-order valence-electron chi connectivity index (χ2n) is 13.1. The molecule has 1 aliphatic heterocycles. The number of hydrogen-bond acceptors (Lipinski definition) is 7. The van der Waals surface area contributed by atoms with E-state index in [1.807, 2.05) is 6.33 Å². The maximum absolute atomic E-state index is 5.10. The van der Waals surface area contributed by atoms with Crippen molar-refractivity contribution in [2.75, 3.05) is 44.6 Å². The van der Waals surface area contributed by atoms with Gasteiger partial charge in [0.25, 0.3) is 0 Å². The average Bonchev–Trinajstić information content (AvgIpc) is 3.75. The van der Waals surface area contributed by atoms with Crippen molar-refractivity contribution in [3.05, 3.63) is 103 Å². The molecule has 1 saturated heterocycles. The Balaban J connectivity index is 1.26. The molecule has 46 heavy (non-hydrogen) atoms. The minimum atomic E-state index is 0.152. The van der Waals surface area contributed by atoms with Crippen LogP contribution in [0.1, 0.15) is 74.9 Å². The second-order valence-corrected chi connectivity index (χ2v) is 13.1. The quantitative estimate of drug-likeness (QED) is 0.143. The molecule has 1 saturated carbocycles. The number of fused-ring (bicyclic) bond motifs is 1. The Hall–Kier alpha value is -4.17. The fraction of sp³-hybridized carbons (Fsp3) is 0.447. The summed E-state index contributed by atoms with van der Waals surface area (Å²) in [4.78, 5) is 17.6. The standard InChI is InChI=1S/C38H50N8/c1-5-39-28(3)32-16-17-33(24-32)46-26-42-35-37(41-25-34(30-12-8-6-9-13-30)31-14-10-7-11-15-31)43-36(44-38(35)46)29(4)40-20-23-45-21-18-27(2)19-22-45/h6-15,26-27,32-34,39-40H,3-5,16-25H2,1-2H3,(H,41,43,44). The Morgan fingerprint density at radius 2 is 1.61 bits per heavy atom. The van der Waals surface area contributed by atoms with Crippen molar-refractivity contribution in [3.8, 4) is 0 Å². The van der Waals surface area contributed by atoms with Gasteiger partial charge in [-0.15, -0.1) is 0 Å². The van der Waals surface area contributed by atoms with Gasteiger partial charge in [0.2, 0.25) is 0 Å². The van der Waals surface area contributed by atoms with Crippen molar-refractivity contribution in [2.24, 2.45) is 11.8 Å². The van der Waals surface area contributed by atoms with Crippen LogP contribution in [0.25, 0.3) is 16.9 Å². The lowest BCUT2D eigenvalue weighted by Gasteiger charge is -2.30. The van der Waals surface area contributed by atoms with E-state index in [1.165, 1.54) is 24.0 Å². The maximum Gasteiger partial charge on any atom is 0.179 e. The molecular weight excluding hydrogens is 568 g/mol. The summed E-state index contributed by atoms with van der Waals surface area (Å²) in [6.07, 6.45) is 7.71. The van der Waals surface area contributed by atoms with Gasteiger partial charge in [-0.05, 0) is 69.2 Å². The molecular formula is C38H50N8. The number of benzene rings is 2. The molecule has 2 aliphatic rings. The van der Waals surface area contributed by atoms with Gasteiger partial charge < -0.3 is 25.4 Å². The number of nitrogens with one attached hydrogen (secondary N) is 3. The van der Waals surface area contributed by atoms with Crippen LogP contribution in [0, 0.1) is 11.8 Å². The summed E-state index contributed by atoms with van der Waals surface area (Å²) in [5.74, 6) is 2.80. The highest BCUT2D eigenvalue weighted by Crippen LogP contribution is 2.39. The summed E-state index contributed by atoms with van der Waals surface area (Å²) < 4.78 is 2.26. The molecule has 4 aromatic rings. The smallest absolute Gasteiger partial charge is 0.179 e. The van der Waals surface area contributed by atoms with E-state index in [1.54, 1.807) is 0 Å². The average molecular weight is 619 g/mol. The third-order valence-corrected chi connectivity index (χ3v) is 9.91. The number of allylic oxidation sites excluding steroid dienone is 1. The van der Waals surface area contributed by atoms with Gasteiger partial charge in [0.1, 0.15) is 5.52 Å². The molecule has 0 amide bonds. The van der Waals surface area contributed by atoms with Crippen molar-refractivity contribution < 1.29 is 0 Å². The van der Waals surface area contributed by atoms with Crippen LogP contribution in [0.15, 0.2) is 85.8 Å². The fourth-order valence-corrected chi connectivity index (χ4v) is 7.07. The van der Waals surface area contributed by atoms with Crippen molar-refractivity contribution >= 4 is 22.7 Å². The zero-order valence-electron chi connectivity index (χ0n) is 27.6. The lowest BCUT2D eigenvalue weighted by atomic mass is 9.91. The highest BCUT2D eigenvalue weighted by molar-refractivity contribution is 5.84. The number of piperidine rings is 1. The Morgan fingerprint density at radius 1 is 0.913 bits per heavy atom. The third-order valence-electron chi connectivity index (χ3n) is 9.91. The van der Waals surface area contributed by atoms with Crippen LogP contribution in [0.3, 0.4) is 0 Å². The summed E-state index contributed by atoms with van der Waals surface area (Å²) in [7, 11) is 0. The van der Waals surface area contributed by atoms with Crippen molar-refractivity contribution in [1.29, 1.82) is 0 Å². The molecule has 2 atom stereocenters. The first kappa shape index (κ1) is 31.8. The Bertz CT molecular complexity index is 1550. The van der Waals surface area contributed by atoms with Gasteiger partial charge in [-0.2, -0.15) is 0 Å². The maximum atomic E-state index is 5.10. The second kappa shape index (κ2) is 14.9. The molecule has 2 aromatic heterocycles. The first-order valence-corrected chi connectivity index (χ1v) is 17.2. The lowest BCUT2D eigenvalue weighted by Crippen LogP contribution is -2.37. The summed E-state index contributed by atoms with van der Waals surface area (Å²) in [6, 6.07) is 21.6. The molecule has 0 radical (unpaired) electrons. The number of anilines is 1. The summed E-state index contributed by atoms with van der Waals surface area (Å²) in [6.45, 7) is 18.9. The van der Waals surface area contributed by atoms with Crippen molar-refractivity contribution in [2.45, 2.75) is 57.9 Å². The molecule has 242 valence electrons. The number of imidazole rings is 1. The van der Waals surface area contributed by atoms with E-state index < -0.39 is 0 Å². The van der Waals surface area contributed by atoms with Crippen molar-refractivity contribution in [3.63, 3.8) is 0 Å². The van der Waals surface area contributed by atoms with Crippen LogP contribution >= 0.6 is 0 Å². The van der Waals surface area contributed by atoms with Crippen LogP contribution in [0.4, 0.5) is 5.82 Å². The molecule has 2 aromatic carbocycles. The molecule has 3 N–H and O–H groups in total. The number of likely N-dealkylation sites (tertiary alicyclic amines) is 1. The van der Waals surface area contributed by atoms with Crippen LogP contribution in [0.5, 0.6) is 0 Å².